The van der Waals surface area contributed by atoms with E-state index in [0.717, 1.165) is 6.42 Å². The highest BCUT2D eigenvalue weighted by Gasteiger charge is 2.10. The van der Waals surface area contributed by atoms with Crippen molar-refractivity contribution in [3.8, 4) is 0 Å². The number of hydrogen-bond donors (Lipinski definition) is 3. The molecule has 0 fully saturated rings. The maximum atomic E-state index is 11.3. The summed E-state index contributed by atoms with van der Waals surface area (Å²) >= 11 is 0. The number of nitrogens with one attached hydrogen (secondary N) is 2. The third-order valence-corrected chi connectivity index (χ3v) is 2.28. The number of amides is 2. The predicted octanol–water partition coefficient (Wildman–Crippen LogP) is 0.876. The summed E-state index contributed by atoms with van der Waals surface area (Å²) in [5.74, 6) is 0. The smallest absolute Gasteiger partial charge is 0.315 e. The van der Waals surface area contributed by atoms with Crippen molar-refractivity contribution in [2.45, 2.75) is 19.4 Å². The van der Waals surface area contributed by atoms with Crippen LogP contribution in [0.2, 0.25) is 0 Å². The average Bonchev–Trinajstić information content (AvgIpc) is 2.30. The Balaban J connectivity index is 2.46. The number of carbonyl (C=O) groups is 1. The van der Waals surface area contributed by atoms with Gasteiger partial charge in [0.15, 0.2) is 0 Å². The van der Waals surface area contributed by atoms with E-state index in [0.29, 0.717) is 13.1 Å². The first-order valence-corrected chi connectivity index (χ1v) is 5.54. The minimum atomic E-state index is -0.158. The molecule has 0 spiro atoms. The fourth-order valence-electron chi connectivity index (χ4n) is 1.49. The van der Waals surface area contributed by atoms with E-state index in [2.05, 4.69) is 10.6 Å². The summed E-state index contributed by atoms with van der Waals surface area (Å²) in [6.45, 7) is 2.94. The van der Waals surface area contributed by atoms with E-state index in [-0.39, 0.29) is 12.1 Å². The minimum absolute atomic E-state index is 0.0195. The molecule has 1 unspecified atom stereocenters. The van der Waals surface area contributed by atoms with Crippen molar-refractivity contribution >= 4 is 6.03 Å². The Hall–Kier alpha value is -1.55. The second kappa shape index (κ2) is 6.85. The van der Waals surface area contributed by atoms with Crippen molar-refractivity contribution in [1.82, 2.24) is 10.6 Å². The molecule has 0 aliphatic heterocycles. The average molecular weight is 221 g/mol. The summed E-state index contributed by atoms with van der Waals surface area (Å²) in [5.41, 5.74) is 6.80. The molecular formula is C12H19N3O. The Morgan fingerprint density at radius 1 is 1.38 bits per heavy atom. The molecule has 0 aliphatic carbocycles. The van der Waals surface area contributed by atoms with Gasteiger partial charge < -0.3 is 16.4 Å². The van der Waals surface area contributed by atoms with Gasteiger partial charge in [0, 0.05) is 19.1 Å². The van der Waals surface area contributed by atoms with Gasteiger partial charge in [0.1, 0.15) is 0 Å². The van der Waals surface area contributed by atoms with Crippen molar-refractivity contribution in [3.05, 3.63) is 35.9 Å². The highest BCUT2D eigenvalue weighted by Crippen LogP contribution is 2.02. The fourth-order valence-corrected chi connectivity index (χ4v) is 1.49. The normalized spacial score (nSPS) is 11.9. The molecule has 1 aromatic carbocycles. The molecule has 0 saturated heterocycles. The molecule has 0 radical (unpaired) electrons. The van der Waals surface area contributed by atoms with Gasteiger partial charge in [-0.25, -0.2) is 4.79 Å². The summed E-state index contributed by atoms with van der Waals surface area (Å²) in [4.78, 5) is 11.3. The van der Waals surface area contributed by atoms with Crippen LogP contribution in [0.1, 0.15) is 12.5 Å². The molecule has 1 atom stereocenters. The number of urea groups is 1. The third kappa shape index (κ3) is 4.31. The molecule has 0 bridgehead atoms. The van der Waals surface area contributed by atoms with Crippen molar-refractivity contribution in [3.63, 3.8) is 0 Å². The maximum absolute atomic E-state index is 11.3. The van der Waals surface area contributed by atoms with Crippen LogP contribution < -0.4 is 16.4 Å². The third-order valence-electron chi connectivity index (χ3n) is 2.28. The van der Waals surface area contributed by atoms with Crippen LogP contribution in [0, 0.1) is 0 Å². The molecule has 0 saturated carbocycles. The number of rotatable bonds is 5. The van der Waals surface area contributed by atoms with E-state index in [1.54, 1.807) is 0 Å². The standard InChI is InChI=1S/C12H19N3O/c1-2-14-12(16)15-11(9-13)8-10-6-4-3-5-7-10/h3-7,11H,2,8-9,13H2,1H3,(H2,14,15,16). The van der Waals surface area contributed by atoms with Crippen LogP contribution in [0.25, 0.3) is 0 Å². The summed E-state index contributed by atoms with van der Waals surface area (Å²) in [5, 5.41) is 5.53. The Morgan fingerprint density at radius 3 is 2.62 bits per heavy atom. The lowest BCUT2D eigenvalue weighted by atomic mass is 10.1. The van der Waals surface area contributed by atoms with E-state index in [4.69, 9.17) is 5.73 Å². The van der Waals surface area contributed by atoms with Gasteiger partial charge >= 0.3 is 6.03 Å². The quantitative estimate of drug-likeness (QED) is 0.691. The zero-order chi connectivity index (χ0) is 11.8. The van der Waals surface area contributed by atoms with Crippen LogP contribution in [0.15, 0.2) is 30.3 Å². The van der Waals surface area contributed by atoms with Crippen LogP contribution in [0.4, 0.5) is 4.79 Å². The number of hydrogen-bond acceptors (Lipinski definition) is 2. The Bertz CT molecular complexity index is 313. The Kier molecular flexibility index (Phi) is 5.36. The second-order valence-electron chi connectivity index (χ2n) is 3.63. The number of benzene rings is 1. The monoisotopic (exact) mass is 221 g/mol. The van der Waals surface area contributed by atoms with E-state index >= 15 is 0 Å². The van der Waals surface area contributed by atoms with Crippen LogP contribution >= 0.6 is 0 Å². The van der Waals surface area contributed by atoms with Crippen LogP contribution in [0.5, 0.6) is 0 Å². The zero-order valence-electron chi connectivity index (χ0n) is 9.57. The lowest BCUT2D eigenvalue weighted by molar-refractivity contribution is 0.237. The molecule has 1 rings (SSSR count). The van der Waals surface area contributed by atoms with Gasteiger partial charge in [0.05, 0.1) is 0 Å². The first kappa shape index (κ1) is 12.5. The van der Waals surface area contributed by atoms with Crippen molar-refractivity contribution < 1.29 is 4.79 Å². The van der Waals surface area contributed by atoms with E-state index in [9.17, 15) is 4.79 Å². The molecule has 0 heterocycles. The first-order valence-electron chi connectivity index (χ1n) is 5.54. The van der Waals surface area contributed by atoms with E-state index in [1.165, 1.54) is 5.56 Å². The summed E-state index contributed by atoms with van der Waals surface area (Å²) in [7, 11) is 0. The fraction of sp³-hybridized carbons (Fsp3) is 0.417. The number of carbonyl (C=O) groups excluding carboxylic acids is 1. The van der Waals surface area contributed by atoms with Gasteiger partial charge in [-0.05, 0) is 18.9 Å². The first-order chi connectivity index (χ1) is 7.76. The molecule has 2 amide bonds. The Labute approximate surface area is 96.2 Å². The zero-order valence-corrected chi connectivity index (χ0v) is 9.57. The molecule has 0 aliphatic rings. The molecule has 4 heteroatoms. The van der Waals surface area contributed by atoms with Gasteiger partial charge in [-0.2, -0.15) is 0 Å². The summed E-state index contributed by atoms with van der Waals surface area (Å²) in [6.07, 6.45) is 0.758. The molecule has 4 N–H and O–H groups in total. The predicted molar refractivity (Wildman–Crippen MR) is 65.2 cm³/mol. The van der Waals surface area contributed by atoms with Crippen LogP contribution in [-0.2, 0) is 6.42 Å². The number of nitrogens with two attached hydrogens (primary N) is 1. The van der Waals surface area contributed by atoms with Crippen molar-refractivity contribution in [1.29, 1.82) is 0 Å². The Morgan fingerprint density at radius 2 is 2.06 bits per heavy atom. The highest BCUT2D eigenvalue weighted by molar-refractivity contribution is 5.74. The van der Waals surface area contributed by atoms with Crippen molar-refractivity contribution in [2.24, 2.45) is 5.73 Å². The highest BCUT2D eigenvalue weighted by atomic mass is 16.2. The van der Waals surface area contributed by atoms with Gasteiger partial charge in [0.2, 0.25) is 0 Å². The van der Waals surface area contributed by atoms with Crippen LogP contribution in [-0.4, -0.2) is 25.2 Å². The van der Waals surface area contributed by atoms with Gasteiger partial charge in [-0.15, -0.1) is 0 Å². The largest absolute Gasteiger partial charge is 0.338 e. The second-order valence-corrected chi connectivity index (χ2v) is 3.63. The molecule has 0 aromatic heterocycles. The topological polar surface area (TPSA) is 67.2 Å². The maximum Gasteiger partial charge on any atom is 0.315 e. The lowest BCUT2D eigenvalue weighted by Gasteiger charge is -2.17. The minimum Gasteiger partial charge on any atom is -0.338 e. The molecule has 4 nitrogen and oxygen atoms in total. The van der Waals surface area contributed by atoms with E-state index < -0.39 is 0 Å². The molecule has 16 heavy (non-hydrogen) atoms. The molecular weight excluding hydrogens is 202 g/mol. The van der Waals surface area contributed by atoms with Crippen molar-refractivity contribution in [2.75, 3.05) is 13.1 Å². The van der Waals surface area contributed by atoms with Crippen LogP contribution in [0.3, 0.4) is 0 Å². The molecule has 88 valence electrons. The summed E-state index contributed by atoms with van der Waals surface area (Å²) in [6, 6.07) is 9.81. The van der Waals surface area contributed by atoms with E-state index in [1.807, 2.05) is 37.3 Å². The van der Waals surface area contributed by atoms with Gasteiger partial charge in [-0.1, -0.05) is 30.3 Å². The lowest BCUT2D eigenvalue weighted by Crippen LogP contribution is -2.46. The van der Waals surface area contributed by atoms with Gasteiger partial charge in [-0.3, -0.25) is 0 Å². The SMILES string of the molecule is CCNC(=O)NC(CN)Cc1ccccc1. The molecule has 1 aromatic rings. The summed E-state index contributed by atoms with van der Waals surface area (Å²) < 4.78 is 0. The van der Waals surface area contributed by atoms with Gasteiger partial charge in [0.25, 0.3) is 0 Å².